The summed E-state index contributed by atoms with van der Waals surface area (Å²) in [6.45, 7) is 3.49. The van der Waals surface area contributed by atoms with E-state index in [1.807, 2.05) is 18.2 Å². The van der Waals surface area contributed by atoms with E-state index in [2.05, 4.69) is 52.0 Å². The summed E-state index contributed by atoms with van der Waals surface area (Å²) in [6, 6.07) is 19.1. The Hall–Kier alpha value is -1.30. The van der Waals surface area contributed by atoms with E-state index < -0.39 is 10.0 Å². The van der Waals surface area contributed by atoms with Gasteiger partial charge in [-0.25, -0.2) is 12.7 Å². The lowest BCUT2D eigenvalue weighted by molar-refractivity contribution is 0.306. The third-order valence-electron chi connectivity index (χ3n) is 5.14. The Morgan fingerprint density at radius 1 is 1.06 bits per heavy atom. The molecule has 2 aromatic carbocycles. The molecule has 0 bridgehead atoms. The van der Waals surface area contributed by atoms with Gasteiger partial charge in [-0.15, -0.1) is 24.0 Å². The number of nitrogens with zero attached hydrogens (tertiary/aromatic N) is 2. The average Bonchev–Trinajstić information content (AvgIpc) is 2.78. The number of hydrogen-bond donors (Lipinski definition) is 2. The molecule has 6 nitrogen and oxygen atoms in total. The maximum absolute atomic E-state index is 12.0. The van der Waals surface area contributed by atoms with Gasteiger partial charge in [-0.05, 0) is 49.6 Å². The van der Waals surface area contributed by atoms with Crippen LogP contribution in [-0.2, 0) is 16.6 Å². The fraction of sp³-hybridized carbons (Fsp3) is 0.409. The number of piperidine rings is 1. The second kappa shape index (κ2) is 12.7. The van der Waals surface area contributed by atoms with Crippen LogP contribution in [0.3, 0.4) is 0 Å². The first-order valence-corrected chi connectivity index (χ1v) is 12.7. The summed E-state index contributed by atoms with van der Waals surface area (Å²) in [5, 5.41) is 6.78. The molecule has 0 radical (unpaired) electrons. The highest BCUT2D eigenvalue weighted by Crippen LogP contribution is 2.27. The van der Waals surface area contributed by atoms with Crippen molar-refractivity contribution in [3.05, 3.63) is 60.2 Å². The Kier molecular flexibility index (Phi) is 10.6. The monoisotopic (exact) mass is 574 g/mol. The number of hydrogen-bond acceptors (Lipinski definition) is 4. The Bertz CT molecular complexity index is 930. The summed E-state index contributed by atoms with van der Waals surface area (Å²) in [5.41, 5.74) is 1.18. The minimum atomic E-state index is -3.09. The van der Waals surface area contributed by atoms with Crippen molar-refractivity contribution in [2.24, 2.45) is 4.99 Å². The number of aliphatic imine (C=N–C) groups is 1. The third kappa shape index (κ3) is 7.96. The summed E-state index contributed by atoms with van der Waals surface area (Å²) >= 11 is 1.75. The van der Waals surface area contributed by atoms with E-state index in [1.165, 1.54) is 15.4 Å². The molecule has 1 aliphatic heterocycles. The minimum Gasteiger partial charge on any atom is -0.354 e. The van der Waals surface area contributed by atoms with E-state index in [-0.39, 0.29) is 35.8 Å². The van der Waals surface area contributed by atoms with Gasteiger partial charge >= 0.3 is 0 Å². The van der Waals surface area contributed by atoms with Gasteiger partial charge in [-0.3, -0.25) is 4.99 Å². The normalized spacial score (nSPS) is 15.9. The first-order valence-electron chi connectivity index (χ1n) is 10.3. The SMILES string of the molecule is CCS(=O)(=O)N1CCC(NC(=NC)NCc2ccc(Sc3ccccc3)cc2)CC1.I. The van der Waals surface area contributed by atoms with E-state index in [0.717, 1.165) is 18.8 Å². The van der Waals surface area contributed by atoms with Gasteiger partial charge in [0.15, 0.2) is 5.96 Å². The van der Waals surface area contributed by atoms with Gasteiger partial charge in [0, 0.05) is 42.5 Å². The number of halogens is 1. The molecule has 0 amide bonds. The highest BCUT2D eigenvalue weighted by Gasteiger charge is 2.26. The van der Waals surface area contributed by atoms with Crippen LogP contribution in [0.1, 0.15) is 25.3 Å². The molecule has 31 heavy (non-hydrogen) atoms. The summed E-state index contributed by atoms with van der Waals surface area (Å²) in [7, 11) is -1.34. The molecule has 0 aromatic heterocycles. The lowest BCUT2D eigenvalue weighted by atomic mass is 10.1. The Morgan fingerprint density at radius 3 is 2.26 bits per heavy atom. The first kappa shape index (κ1) is 26.0. The number of nitrogens with one attached hydrogen (secondary N) is 2. The Balaban J connectivity index is 0.00000341. The van der Waals surface area contributed by atoms with E-state index in [4.69, 9.17) is 0 Å². The van der Waals surface area contributed by atoms with Gasteiger partial charge in [-0.2, -0.15) is 0 Å². The molecule has 1 fully saturated rings. The summed E-state index contributed by atoms with van der Waals surface area (Å²) < 4.78 is 25.6. The summed E-state index contributed by atoms with van der Waals surface area (Å²) in [6.07, 6.45) is 1.57. The average molecular weight is 575 g/mol. The lowest BCUT2D eigenvalue weighted by Gasteiger charge is -2.32. The lowest BCUT2D eigenvalue weighted by Crippen LogP contribution is -2.49. The fourth-order valence-corrected chi connectivity index (χ4v) is 5.30. The molecule has 1 heterocycles. The van der Waals surface area contributed by atoms with E-state index in [1.54, 1.807) is 30.0 Å². The van der Waals surface area contributed by atoms with Gasteiger partial charge in [0.05, 0.1) is 5.75 Å². The molecule has 2 N–H and O–H groups in total. The quantitative estimate of drug-likeness (QED) is 0.298. The van der Waals surface area contributed by atoms with Crippen LogP contribution < -0.4 is 10.6 Å². The van der Waals surface area contributed by atoms with Crippen molar-refractivity contribution in [3.63, 3.8) is 0 Å². The van der Waals surface area contributed by atoms with Gasteiger partial charge in [-0.1, -0.05) is 42.1 Å². The zero-order chi connectivity index (χ0) is 21.4. The summed E-state index contributed by atoms with van der Waals surface area (Å²) in [4.78, 5) is 6.75. The van der Waals surface area contributed by atoms with Gasteiger partial charge in [0.25, 0.3) is 0 Å². The number of benzene rings is 2. The van der Waals surface area contributed by atoms with E-state index in [9.17, 15) is 8.42 Å². The molecule has 0 aliphatic carbocycles. The zero-order valence-electron chi connectivity index (χ0n) is 18.0. The molecule has 170 valence electrons. The second-order valence-electron chi connectivity index (χ2n) is 7.20. The van der Waals surface area contributed by atoms with Crippen molar-refractivity contribution < 1.29 is 8.42 Å². The topological polar surface area (TPSA) is 73.8 Å². The summed E-state index contributed by atoms with van der Waals surface area (Å²) in [5.74, 6) is 0.909. The molecule has 0 spiro atoms. The number of rotatable bonds is 7. The molecule has 1 saturated heterocycles. The predicted octanol–water partition coefficient (Wildman–Crippen LogP) is 3.93. The molecular weight excluding hydrogens is 543 g/mol. The van der Waals surface area contributed by atoms with E-state index >= 15 is 0 Å². The van der Waals surface area contributed by atoms with Crippen molar-refractivity contribution >= 4 is 51.7 Å². The van der Waals surface area contributed by atoms with Crippen molar-refractivity contribution in [2.45, 2.75) is 42.1 Å². The van der Waals surface area contributed by atoms with Crippen LogP contribution >= 0.6 is 35.7 Å². The minimum absolute atomic E-state index is 0. The number of guanidine groups is 1. The molecule has 2 aromatic rings. The zero-order valence-corrected chi connectivity index (χ0v) is 21.9. The van der Waals surface area contributed by atoms with Crippen molar-refractivity contribution in [1.82, 2.24) is 14.9 Å². The standard InChI is InChI=1S/C22H30N4O2S2.HI/c1-3-30(27,28)26-15-13-19(14-16-26)25-22(23-2)24-17-18-9-11-21(12-10-18)29-20-7-5-4-6-8-20;/h4-12,19H,3,13-17H2,1-2H3,(H2,23,24,25);1H. The van der Waals surface area contributed by atoms with Crippen LogP contribution in [0.5, 0.6) is 0 Å². The molecule has 0 unspecified atom stereocenters. The second-order valence-corrected chi connectivity index (χ2v) is 10.6. The Morgan fingerprint density at radius 2 is 1.68 bits per heavy atom. The fourth-order valence-electron chi connectivity index (χ4n) is 3.33. The maximum Gasteiger partial charge on any atom is 0.213 e. The molecule has 3 rings (SSSR count). The van der Waals surface area contributed by atoms with Crippen LogP contribution in [0.15, 0.2) is 69.4 Å². The largest absolute Gasteiger partial charge is 0.354 e. The first-order chi connectivity index (χ1) is 14.5. The third-order valence-corrected chi connectivity index (χ3v) is 8.04. The van der Waals surface area contributed by atoms with Gasteiger partial charge in [0.1, 0.15) is 0 Å². The predicted molar refractivity (Wildman–Crippen MR) is 140 cm³/mol. The highest BCUT2D eigenvalue weighted by molar-refractivity contribution is 14.0. The Labute approximate surface area is 207 Å². The van der Waals surface area contributed by atoms with Crippen LogP contribution in [0, 0.1) is 0 Å². The van der Waals surface area contributed by atoms with Crippen LogP contribution in [-0.4, -0.2) is 50.6 Å². The van der Waals surface area contributed by atoms with Crippen molar-refractivity contribution in [2.75, 3.05) is 25.9 Å². The van der Waals surface area contributed by atoms with Gasteiger partial charge < -0.3 is 10.6 Å². The van der Waals surface area contributed by atoms with Crippen LogP contribution in [0.2, 0.25) is 0 Å². The van der Waals surface area contributed by atoms with Gasteiger partial charge in [0.2, 0.25) is 10.0 Å². The molecule has 0 saturated carbocycles. The number of sulfonamides is 1. The van der Waals surface area contributed by atoms with Crippen LogP contribution in [0.25, 0.3) is 0 Å². The van der Waals surface area contributed by atoms with Crippen molar-refractivity contribution in [1.29, 1.82) is 0 Å². The van der Waals surface area contributed by atoms with Crippen molar-refractivity contribution in [3.8, 4) is 0 Å². The van der Waals surface area contributed by atoms with E-state index in [0.29, 0.717) is 19.6 Å². The maximum atomic E-state index is 12.0. The highest BCUT2D eigenvalue weighted by atomic mass is 127. The molecule has 0 atom stereocenters. The smallest absolute Gasteiger partial charge is 0.213 e. The molecule has 9 heteroatoms. The van der Waals surface area contributed by atoms with Crippen LogP contribution in [0.4, 0.5) is 0 Å². The molecule has 1 aliphatic rings. The molecular formula is C22H31IN4O2S2.